The molecule has 0 bridgehead atoms. The van der Waals surface area contributed by atoms with Crippen molar-refractivity contribution in [2.24, 2.45) is 5.92 Å². The number of pyridine rings is 1. The van der Waals surface area contributed by atoms with Crippen LogP contribution in [0.4, 0.5) is 4.39 Å². The number of hydrogen-bond donors (Lipinski definition) is 2. The van der Waals surface area contributed by atoms with Crippen molar-refractivity contribution in [1.82, 2.24) is 10.3 Å². The van der Waals surface area contributed by atoms with Crippen molar-refractivity contribution in [1.29, 1.82) is 0 Å². The van der Waals surface area contributed by atoms with Crippen molar-refractivity contribution in [2.45, 2.75) is 58.5 Å². The standard InChI is InChI=1S/C35H37FN2O4/c1-3-4-15-37-35(41)27-14-12-25(17-31(27)36)28-18-29-26(13-11-22-5-9-24(21-39)10-6-22)30(33(40)16-23-7-8-23)20-38-32(29)19-34(28)42-2/h5-6,9-10,12,14,17-20,23,39H,3-4,7-8,11,13,15-16,21H2,1-2H3,(H,37,41). The Morgan fingerprint density at radius 3 is 2.45 bits per heavy atom. The molecule has 1 amide bonds. The summed E-state index contributed by atoms with van der Waals surface area (Å²) in [5, 5.41) is 13.0. The fourth-order valence-corrected chi connectivity index (χ4v) is 5.29. The van der Waals surface area contributed by atoms with Gasteiger partial charge in [0.25, 0.3) is 5.91 Å². The highest BCUT2D eigenvalue weighted by Gasteiger charge is 2.27. The Kier molecular flexibility index (Phi) is 9.28. The van der Waals surface area contributed by atoms with Gasteiger partial charge in [0.05, 0.1) is 24.8 Å². The molecule has 6 nitrogen and oxygen atoms in total. The molecule has 42 heavy (non-hydrogen) atoms. The number of hydrogen-bond acceptors (Lipinski definition) is 5. The first-order valence-electron chi connectivity index (χ1n) is 14.7. The van der Waals surface area contributed by atoms with Gasteiger partial charge < -0.3 is 15.2 Å². The summed E-state index contributed by atoms with van der Waals surface area (Å²) in [6.45, 7) is 2.52. The monoisotopic (exact) mass is 568 g/mol. The Morgan fingerprint density at radius 2 is 1.79 bits per heavy atom. The number of rotatable bonds is 13. The molecule has 3 aromatic carbocycles. The van der Waals surface area contributed by atoms with Gasteiger partial charge in [0.2, 0.25) is 0 Å². The zero-order chi connectivity index (χ0) is 29.6. The summed E-state index contributed by atoms with van der Waals surface area (Å²) in [7, 11) is 1.56. The predicted octanol–water partition coefficient (Wildman–Crippen LogP) is 6.84. The van der Waals surface area contributed by atoms with E-state index in [1.807, 2.05) is 43.3 Å². The number of aliphatic hydroxyl groups is 1. The number of unbranched alkanes of at least 4 members (excludes halogenated alkanes) is 1. The number of amides is 1. The second kappa shape index (κ2) is 13.3. The van der Waals surface area contributed by atoms with Crippen LogP contribution in [0.1, 0.15) is 76.4 Å². The van der Waals surface area contributed by atoms with Crippen molar-refractivity contribution in [3.8, 4) is 16.9 Å². The summed E-state index contributed by atoms with van der Waals surface area (Å²) in [6, 6.07) is 16.1. The summed E-state index contributed by atoms with van der Waals surface area (Å²) >= 11 is 0. The van der Waals surface area contributed by atoms with Crippen molar-refractivity contribution in [3.63, 3.8) is 0 Å². The van der Waals surface area contributed by atoms with E-state index in [1.165, 1.54) is 12.1 Å². The lowest BCUT2D eigenvalue weighted by molar-refractivity contribution is 0.0946. The van der Waals surface area contributed by atoms with Gasteiger partial charge >= 0.3 is 0 Å². The first-order chi connectivity index (χ1) is 20.4. The number of carbonyl (C=O) groups excluding carboxylic acids is 2. The number of Topliss-reactive ketones (excluding diaryl/α,β-unsaturated/α-hetero) is 1. The molecule has 0 aliphatic heterocycles. The normalized spacial score (nSPS) is 12.9. The van der Waals surface area contributed by atoms with Gasteiger partial charge in [-0.25, -0.2) is 4.39 Å². The van der Waals surface area contributed by atoms with Crippen LogP contribution in [0, 0.1) is 11.7 Å². The molecule has 1 aliphatic carbocycles. The molecule has 1 aromatic heterocycles. The number of aliphatic hydroxyl groups excluding tert-OH is 1. The number of aromatic nitrogens is 1. The summed E-state index contributed by atoms with van der Waals surface area (Å²) < 4.78 is 20.9. The minimum Gasteiger partial charge on any atom is -0.496 e. The Balaban J connectivity index is 1.55. The maximum Gasteiger partial charge on any atom is 0.254 e. The number of fused-ring (bicyclic) bond motifs is 1. The molecule has 0 radical (unpaired) electrons. The minimum atomic E-state index is -0.610. The third-order valence-corrected chi connectivity index (χ3v) is 7.98. The molecule has 4 aromatic rings. The van der Waals surface area contributed by atoms with Crippen molar-refractivity contribution < 1.29 is 23.8 Å². The molecule has 7 heteroatoms. The molecule has 0 unspecified atom stereocenters. The van der Waals surface area contributed by atoms with Gasteiger partial charge in [-0.15, -0.1) is 0 Å². The number of aryl methyl sites for hydroxylation is 2. The number of nitrogens with zero attached hydrogens (tertiary/aromatic N) is 1. The number of benzene rings is 3. The van der Waals surface area contributed by atoms with E-state index < -0.39 is 11.7 Å². The minimum absolute atomic E-state index is 0.00265. The maximum absolute atomic E-state index is 15.2. The number of ether oxygens (including phenoxy) is 1. The van der Waals surface area contributed by atoms with Gasteiger partial charge in [-0.1, -0.05) is 43.7 Å². The van der Waals surface area contributed by atoms with E-state index in [4.69, 9.17) is 4.74 Å². The van der Waals surface area contributed by atoms with E-state index in [-0.39, 0.29) is 18.0 Å². The molecule has 1 saturated carbocycles. The first-order valence-corrected chi connectivity index (χ1v) is 14.7. The third kappa shape index (κ3) is 6.68. The molecule has 0 atom stereocenters. The molecule has 1 aliphatic rings. The maximum atomic E-state index is 15.2. The van der Waals surface area contributed by atoms with Crippen LogP contribution in [0.15, 0.2) is 60.8 Å². The number of methoxy groups -OCH3 is 1. The SMILES string of the molecule is CCCCNC(=O)c1ccc(-c2cc3c(CCc4ccc(CO)cc4)c(C(=O)CC4CC4)cnc3cc2OC)cc1F. The van der Waals surface area contributed by atoms with Crippen LogP contribution in [0.2, 0.25) is 0 Å². The van der Waals surface area contributed by atoms with Crippen LogP contribution >= 0.6 is 0 Å². The lowest BCUT2D eigenvalue weighted by atomic mass is 9.91. The van der Waals surface area contributed by atoms with E-state index in [2.05, 4.69) is 10.3 Å². The van der Waals surface area contributed by atoms with Gasteiger partial charge in [0.15, 0.2) is 5.78 Å². The zero-order valence-corrected chi connectivity index (χ0v) is 24.2. The highest BCUT2D eigenvalue weighted by Crippen LogP contribution is 2.38. The van der Waals surface area contributed by atoms with Crippen LogP contribution in [0.25, 0.3) is 22.0 Å². The average Bonchev–Trinajstić information content (AvgIpc) is 3.83. The van der Waals surface area contributed by atoms with Crippen molar-refractivity contribution in [3.05, 3.63) is 94.4 Å². The smallest absolute Gasteiger partial charge is 0.254 e. The number of carbonyl (C=O) groups is 2. The molecule has 1 fully saturated rings. The molecule has 2 N–H and O–H groups in total. The quantitative estimate of drug-likeness (QED) is 0.136. The predicted molar refractivity (Wildman–Crippen MR) is 162 cm³/mol. The van der Waals surface area contributed by atoms with Crippen LogP contribution in [-0.4, -0.2) is 35.4 Å². The number of halogens is 1. The fourth-order valence-electron chi connectivity index (χ4n) is 5.29. The Morgan fingerprint density at radius 1 is 1.02 bits per heavy atom. The fraction of sp³-hybridized carbons (Fsp3) is 0.343. The van der Waals surface area contributed by atoms with E-state index in [0.29, 0.717) is 59.7 Å². The summed E-state index contributed by atoms with van der Waals surface area (Å²) in [4.78, 5) is 30.5. The average molecular weight is 569 g/mol. The topological polar surface area (TPSA) is 88.5 Å². The number of nitrogens with one attached hydrogen (secondary N) is 1. The van der Waals surface area contributed by atoms with Gasteiger partial charge in [0.1, 0.15) is 11.6 Å². The Labute approximate surface area is 245 Å². The van der Waals surface area contributed by atoms with E-state index in [9.17, 15) is 14.7 Å². The lowest BCUT2D eigenvalue weighted by Crippen LogP contribution is -2.25. The molecule has 218 valence electrons. The molecule has 0 spiro atoms. The highest BCUT2D eigenvalue weighted by molar-refractivity contribution is 6.03. The zero-order valence-electron chi connectivity index (χ0n) is 24.2. The van der Waals surface area contributed by atoms with Crippen molar-refractivity contribution >= 4 is 22.6 Å². The highest BCUT2D eigenvalue weighted by atomic mass is 19.1. The Hall–Kier alpha value is -4.10. The van der Waals surface area contributed by atoms with Crippen molar-refractivity contribution in [2.75, 3.05) is 13.7 Å². The van der Waals surface area contributed by atoms with Gasteiger partial charge in [-0.05, 0) is 78.5 Å². The summed E-state index contributed by atoms with van der Waals surface area (Å²) in [6.07, 6.45) is 7.44. The Bertz CT molecular complexity index is 1600. The summed E-state index contributed by atoms with van der Waals surface area (Å²) in [5.41, 5.74) is 5.40. The van der Waals surface area contributed by atoms with Gasteiger partial charge in [-0.2, -0.15) is 0 Å². The first kappa shape index (κ1) is 29.4. The number of ketones is 1. The van der Waals surface area contributed by atoms with Crippen LogP contribution in [-0.2, 0) is 19.4 Å². The van der Waals surface area contributed by atoms with Crippen LogP contribution < -0.4 is 10.1 Å². The van der Waals surface area contributed by atoms with Gasteiger partial charge in [0, 0.05) is 41.7 Å². The molecule has 0 saturated heterocycles. The van der Waals surface area contributed by atoms with E-state index in [0.717, 1.165) is 47.8 Å². The second-order valence-corrected chi connectivity index (χ2v) is 11.1. The van der Waals surface area contributed by atoms with E-state index >= 15 is 4.39 Å². The molecule has 5 rings (SSSR count). The summed E-state index contributed by atoms with van der Waals surface area (Å²) in [5.74, 6) is 0.0210. The van der Waals surface area contributed by atoms with Crippen LogP contribution in [0.5, 0.6) is 5.75 Å². The molecular formula is C35H37FN2O4. The van der Waals surface area contributed by atoms with Gasteiger partial charge in [-0.3, -0.25) is 14.6 Å². The third-order valence-electron chi connectivity index (χ3n) is 7.98. The van der Waals surface area contributed by atoms with E-state index in [1.54, 1.807) is 19.4 Å². The molecular weight excluding hydrogens is 531 g/mol. The van der Waals surface area contributed by atoms with Crippen LogP contribution in [0.3, 0.4) is 0 Å². The lowest BCUT2D eigenvalue weighted by Gasteiger charge is -2.16. The largest absolute Gasteiger partial charge is 0.496 e. The second-order valence-electron chi connectivity index (χ2n) is 11.1. The molecule has 1 heterocycles.